The molecule has 0 saturated carbocycles. The average Bonchev–Trinajstić information content (AvgIpc) is 2.10. The van der Waals surface area contributed by atoms with Crippen LogP contribution in [0.4, 0.5) is 0 Å². The molecule has 0 saturated heterocycles. The van der Waals surface area contributed by atoms with E-state index in [1.807, 2.05) is 44.2 Å². The third-order valence-electron chi connectivity index (χ3n) is 1.48. The zero-order chi connectivity index (χ0) is 9.40. The minimum absolute atomic E-state index is 1.02. The summed E-state index contributed by atoms with van der Waals surface area (Å²) in [5, 5.41) is 0. The first-order chi connectivity index (χ1) is 5.72. The maximum Gasteiger partial charge on any atom is -0.0299 e. The van der Waals surface area contributed by atoms with E-state index in [4.69, 9.17) is 0 Å². The predicted octanol–water partition coefficient (Wildman–Crippen LogP) is 3.81. The van der Waals surface area contributed by atoms with E-state index in [-0.39, 0.29) is 0 Å². The Kier molecular flexibility index (Phi) is 5.72. The molecule has 0 aliphatic rings. The molecular weight excluding hydrogens is 144 g/mol. The molecule has 0 bridgehead atoms. The topological polar surface area (TPSA) is 0 Å². The Morgan fingerprint density at radius 3 is 2.42 bits per heavy atom. The maximum absolute atomic E-state index is 3.91. The monoisotopic (exact) mass is 160 g/mol. The van der Waals surface area contributed by atoms with E-state index < -0.39 is 0 Å². The summed E-state index contributed by atoms with van der Waals surface area (Å²) in [6.07, 6.45) is 11.6. The van der Waals surface area contributed by atoms with Crippen LogP contribution in [0.1, 0.15) is 13.8 Å². The summed E-state index contributed by atoms with van der Waals surface area (Å²) in [5.41, 5.74) is 2.19. The molecular formula is C12H16. The Morgan fingerprint density at radius 2 is 1.92 bits per heavy atom. The molecule has 0 nitrogen and oxygen atoms in total. The van der Waals surface area contributed by atoms with Crippen molar-refractivity contribution < 1.29 is 0 Å². The van der Waals surface area contributed by atoms with E-state index in [2.05, 4.69) is 13.2 Å². The number of rotatable bonds is 4. The van der Waals surface area contributed by atoms with E-state index in [1.54, 1.807) is 6.08 Å². The zero-order valence-corrected chi connectivity index (χ0v) is 7.88. The molecule has 0 heterocycles. The molecule has 0 aromatic carbocycles. The van der Waals surface area contributed by atoms with Crippen molar-refractivity contribution in [3.63, 3.8) is 0 Å². The molecule has 0 unspecified atom stereocenters. The Hall–Kier alpha value is -1.30. The molecule has 0 fully saturated rings. The van der Waals surface area contributed by atoms with Gasteiger partial charge in [-0.3, -0.25) is 0 Å². The van der Waals surface area contributed by atoms with Crippen LogP contribution in [-0.2, 0) is 0 Å². The van der Waals surface area contributed by atoms with Crippen molar-refractivity contribution in [2.45, 2.75) is 13.8 Å². The van der Waals surface area contributed by atoms with Crippen molar-refractivity contribution in [1.29, 1.82) is 0 Å². The van der Waals surface area contributed by atoms with Gasteiger partial charge < -0.3 is 0 Å². The lowest BCUT2D eigenvalue weighted by molar-refractivity contribution is 1.44. The van der Waals surface area contributed by atoms with Crippen LogP contribution in [0.3, 0.4) is 0 Å². The van der Waals surface area contributed by atoms with Crippen LogP contribution in [0.25, 0.3) is 0 Å². The van der Waals surface area contributed by atoms with E-state index in [0.29, 0.717) is 0 Å². The van der Waals surface area contributed by atoms with Crippen LogP contribution in [0.5, 0.6) is 0 Å². The highest BCUT2D eigenvalue weighted by atomic mass is 13.9. The summed E-state index contributed by atoms with van der Waals surface area (Å²) in [4.78, 5) is 0. The molecule has 0 N–H and O–H groups in total. The molecule has 12 heavy (non-hydrogen) atoms. The highest BCUT2D eigenvalue weighted by molar-refractivity contribution is 5.38. The van der Waals surface area contributed by atoms with Crippen LogP contribution in [0.2, 0.25) is 0 Å². The van der Waals surface area contributed by atoms with Crippen LogP contribution >= 0.6 is 0 Å². The van der Waals surface area contributed by atoms with Crippen LogP contribution in [0, 0.1) is 0 Å². The molecule has 0 aliphatic carbocycles. The minimum atomic E-state index is 1.02. The highest BCUT2D eigenvalue weighted by Gasteiger charge is 1.87. The second-order valence-electron chi connectivity index (χ2n) is 2.50. The number of hydrogen-bond donors (Lipinski definition) is 0. The van der Waals surface area contributed by atoms with Gasteiger partial charge in [-0.1, -0.05) is 49.6 Å². The lowest BCUT2D eigenvalue weighted by Crippen LogP contribution is -1.76. The molecule has 64 valence electrons. The fourth-order valence-corrected chi connectivity index (χ4v) is 0.663. The Balaban J connectivity index is 4.28. The molecule has 0 amide bonds. The smallest absolute Gasteiger partial charge is 0.0299 e. The largest absolute Gasteiger partial charge is 0.0991 e. The maximum atomic E-state index is 3.91. The van der Waals surface area contributed by atoms with E-state index in [0.717, 1.165) is 5.57 Å². The van der Waals surface area contributed by atoms with Crippen molar-refractivity contribution in [3.05, 3.63) is 60.8 Å². The summed E-state index contributed by atoms with van der Waals surface area (Å²) >= 11 is 0. The SMILES string of the molecule is C=C/C=C\C(=C)/C(C)=C/C=C/C. The summed E-state index contributed by atoms with van der Waals surface area (Å²) in [5.74, 6) is 0. The number of hydrogen-bond acceptors (Lipinski definition) is 0. The molecule has 0 heteroatoms. The van der Waals surface area contributed by atoms with E-state index in [1.165, 1.54) is 5.57 Å². The van der Waals surface area contributed by atoms with E-state index in [9.17, 15) is 0 Å². The molecule has 0 aromatic heterocycles. The Morgan fingerprint density at radius 1 is 1.25 bits per heavy atom. The van der Waals surface area contributed by atoms with Crippen LogP contribution in [-0.4, -0.2) is 0 Å². The molecule has 0 aliphatic heterocycles. The fourth-order valence-electron chi connectivity index (χ4n) is 0.663. The summed E-state index contributed by atoms with van der Waals surface area (Å²) in [6, 6.07) is 0. The van der Waals surface area contributed by atoms with Crippen molar-refractivity contribution >= 4 is 0 Å². The van der Waals surface area contributed by atoms with Gasteiger partial charge in [0.05, 0.1) is 0 Å². The lowest BCUT2D eigenvalue weighted by Gasteiger charge is -1.96. The highest BCUT2D eigenvalue weighted by Crippen LogP contribution is 2.07. The van der Waals surface area contributed by atoms with Crippen molar-refractivity contribution in [3.8, 4) is 0 Å². The van der Waals surface area contributed by atoms with Crippen LogP contribution in [0.15, 0.2) is 60.8 Å². The van der Waals surface area contributed by atoms with E-state index >= 15 is 0 Å². The van der Waals surface area contributed by atoms with Gasteiger partial charge in [-0.05, 0) is 25.0 Å². The molecule has 0 radical (unpaired) electrons. The molecule has 0 spiro atoms. The van der Waals surface area contributed by atoms with Gasteiger partial charge in [0.2, 0.25) is 0 Å². The van der Waals surface area contributed by atoms with Crippen molar-refractivity contribution in [2.24, 2.45) is 0 Å². The standard InChI is InChI=1S/C12H16/c1-5-7-9-11(3)12(4)10-8-6-2/h5-10H,1,3H2,2,4H3/b8-6+,9-7-,12-10+. The minimum Gasteiger partial charge on any atom is -0.0991 e. The first-order valence-electron chi connectivity index (χ1n) is 4.00. The first-order valence-corrected chi connectivity index (χ1v) is 4.00. The molecule has 0 aromatic rings. The predicted molar refractivity (Wildman–Crippen MR) is 57.0 cm³/mol. The third kappa shape index (κ3) is 4.51. The van der Waals surface area contributed by atoms with Gasteiger partial charge in [-0.2, -0.15) is 0 Å². The zero-order valence-electron chi connectivity index (χ0n) is 7.88. The normalized spacial score (nSPS) is 12.7. The van der Waals surface area contributed by atoms with Gasteiger partial charge in [0.25, 0.3) is 0 Å². The second kappa shape index (κ2) is 6.41. The quantitative estimate of drug-likeness (QED) is 0.549. The summed E-state index contributed by atoms with van der Waals surface area (Å²) in [7, 11) is 0. The van der Waals surface area contributed by atoms with Gasteiger partial charge in [-0.25, -0.2) is 0 Å². The number of allylic oxidation sites excluding steroid dienone is 8. The van der Waals surface area contributed by atoms with Gasteiger partial charge in [0.15, 0.2) is 0 Å². The second-order valence-corrected chi connectivity index (χ2v) is 2.50. The lowest BCUT2D eigenvalue weighted by atomic mass is 10.1. The van der Waals surface area contributed by atoms with Gasteiger partial charge in [0.1, 0.15) is 0 Å². The molecule has 0 rings (SSSR count). The van der Waals surface area contributed by atoms with Crippen LogP contribution < -0.4 is 0 Å². The summed E-state index contributed by atoms with van der Waals surface area (Å²) < 4.78 is 0. The molecule has 0 atom stereocenters. The van der Waals surface area contributed by atoms with Crippen molar-refractivity contribution in [2.75, 3.05) is 0 Å². The Labute approximate surface area is 75.3 Å². The van der Waals surface area contributed by atoms with Gasteiger partial charge in [-0.15, -0.1) is 0 Å². The Bertz CT molecular complexity index is 237. The summed E-state index contributed by atoms with van der Waals surface area (Å²) in [6.45, 7) is 11.5. The third-order valence-corrected chi connectivity index (χ3v) is 1.48. The van der Waals surface area contributed by atoms with Crippen molar-refractivity contribution in [1.82, 2.24) is 0 Å². The van der Waals surface area contributed by atoms with Gasteiger partial charge >= 0.3 is 0 Å². The first kappa shape index (κ1) is 10.7. The fraction of sp³-hybridized carbons (Fsp3) is 0.167. The average molecular weight is 160 g/mol. The van der Waals surface area contributed by atoms with Gasteiger partial charge in [0, 0.05) is 0 Å².